The Balaban J connectivity index is 1.34. The van der Waals surface area contributed by atoms with E-state index in [-0.39, 0.29) is 16.8 Å². The van der Waals surface area contributed by atoms with Crippen molar-refractivity contribution >= 4 is 15.9 Å². The summed E-state index contributed by atoms with van der Waals surface area (Å²) >= 11 is 0. The number of fused-ring (bicyclic) bond motifs is 1. The van der Waals surface area contributed by atoms with E-state index in [1.54, 1.807) is 28.6 Å². The zero-order valence-corrected chi connectivity index (χ0v) is 20.1. The average Bonchev–Trinajstić information content (AvgIpc) is 3.39. The Labute approximate surface area is 196 Å². The fourth-order valence-corrected chi connectivity index (χ4v) is 6.81. The standard InChI is InChI=1S/C24H33N5O3S/c1-18-12-16-27(17-13-18)33(31,32)20-10-8-19(9-11-20)24(30)28-15-5-6-21(28)23-26-25-22-7-3-2-4-14-29(22)23/h8-11,18,21H,2-7,12-17H2,1H3. The lowest BCUT2D eigenvalue weighted by molar-refractivity contribution is 0.0727. The average molecular weight is 472 g/mol. The van der Waals surface area contributed by atoms with E-state index < -0.39 is 10.0 Å². The first-order valence-corrected chi connectivity index (χ1v) is 13.7. The summed E-state index contributed by atoms with van der Waals surface area (Å²) in [5.41, 5.74) is 0.517. The van der Waals surface area contributed by atoms with Gasteiger partial charge in [0.15, 0.2) is 5.82 Å². The molecule has 1 unspecified atom stereocenters. The largest absolute Gasteiger partial charge is 0.328 e. The summed E-state index contributed by atoms with van der Waals surface area (Å²) in [7, 11) is -3.52. The third kappa shape index (κ3) is 4.33. The van der Waals surface area contributed by atoms with Crippen LogP contribution in [0.25, 0.3) is 0 Å². The molecule has 0 aliphatic carbocycles. The molecular weight excluding hydrogens is 438 g/mol. The zero-order valence-electron chi connectivity index (χ0n) is 19.3. The van der Waals surface area contributed by atoms with E-state index in [2.05, 4.69) is 21.7 Å². The molecule has 3 aliphatic heterocycles. The van der Waals surface area contributed by atoms with Crippen LogP contribution in [0.2, 0.25) is 0 Å². The second-order valence-corrected chi connectivity index (χ2v) is 11.6. The van der Waals surface area contributed by atoms with Crippen molar-refractivity contribution in [3.63, 3.8) is 0 Å². The summed E-state index contributed by atoms with van der Waals surface area (Å²) in [6, 6.07) is 6.39. The van der Waals surface area contributed by atoms with Crippen LogP contribution in [0.5, 0.6) is 0 Å². The molecular formula is C24H33N5O3S. The normalized spacial score (nSPS) is 22.8. The number of benzene rings is 1. The molecule has 9 heteroatoms. The number of amides is 1. The van der Waals surface area contributed by atoms with Gasteiger partial charge in [-0.25, -0.2) is 8.42 Å². The van der Waals surface area contributed by atoms with Gasteiger partial charge in [-0.3, -0.25) is 4.79 Å². The lowest BCUT2D eigenvalue weighted by atomic mass is 10.0. The van der Waals surface area contributed by atoms with Gasteiger partial charge in [0.1, 0.15) is 5.82 Å². The topological polar surface area (TPSA) is 88.4 Å². The van der Waals surface area contributed by atoms with Gasteiger partial charge in [-0.1, -0.05) is 13.3 Å². The van der Waals surface area contributed by atoms with Crippen molar-refractivity contribution in [3.8, 4) is 0 Å². The van der Waals surface area contributed by atoms with Crippen molar-refractivity contribution in [1.82, 2.24) is 24.0 Å². The maximum atomic E-state index is 13.4. The molecule has 178 valence electrons. The number of aryl methyl sites for hydroxylation is 1. The first-order valence-electron chi connectivity index (χ1n) is 12.3. The van der Waals surface area contributed by atoms with E-state index in [4.69, 9.17) is 0 Å². The van der Waals surface area contributed by atoms with Crippen molar-refractivity contribution < 1.29 is 13.2 Å². The number of sulfonamides is 1. The molecule has 2 saturated heterocycles. The van der Waals surface area contributed by atoms with Crippen LogP contribution in [-0.2, 0) is 23.0 Å². The Morgan fingerprint density at radius 3 is 2.42 bits per heavy atom. The minimum atomic E-state index is -3.52. The molecule has 5 rings (SSSR count). The first kappa shape index (κ1) is 22.5. The Hall–Kier alpha value is -2.26. The van der Waals surface area contributed by atoms with Crippen molar-refractivity contribution in [2.75, 3.05) is 19.6 Å². The van der Waals surface area contributed by atoms with Crippen molar-refractivity contribution in [3.05, 3.63) is 41.5 Å². The first-order chi connectivity index (χ1) is 15.9. The van der Waals surface area contributed by atoms with E-state index in [0.717, 1.165) is 63.1 Å². The number of rotatable bonds is 4. The number of piperidine rings is 1. The van der Waals surface area contributed by atoms with Crippen LogP contribution < -0.4 is 0 Å². The Bertz CT molecular complexity index is 1100. The van der Waals surface area contributed by atoms with Gasteiger partial charge >= 0.3 is 0 Å². The lowest BCUT2D eigenvalue weighted by Gasteiger charge is -2.29. The van der Waals surface area contributed by atoms with Crippen LogP contribution in [0.4, 0.5) is 0 Å². The molecule has 4 heterocycles. The molecule has 0 spiro atoms. The van der Waals surface area contributed by atoms with Crippen molar-refractivity contribution in [2.45, 2.75) is 75.8 Å². The van der Waals surface area contributed by atoms with Gasteiger partial charge < -0.3 is 9.47 Å². The molecule has 1 aromatic carbocycles. The van der Waals surface area contributed by atoms with E-state index in [1.807, 2.05) is 4.90 Å². The Morgan fingerprint density at radius 1 is 0.909 bits per heavy atom. The maximum absolute atomic E-state index is 13.4. The summed E-state index contributed by atoms with van der Waals surface area (Å²) in [6.45, 7) is 4.87. The van der Waals surface area contributed by atoms with Gasteiger partial charge in [0.05, 0.1) is 10.9 Å². The van der Waals surface area contributed by atoms with Gasteiger partial charge in [0, 0.05) is 38.2 Å². The molecule has 1 aromatic heterocycles. The SMILES string of the molecule is CC1CCN(S(=O)(=O)c2ccc(C(=O)N3CCCC3c3nnc4n3CCCCC4)cc2)CC1. The van der Waals surface area contributed by atoms with E-state index in [0.29, 0.717) is 31.1 Å². The minimum Gasteiger partial charge on any atom is -0.328 e. The van der Waals surface area contributed by atoms with E-state index in [9.17, 15) is 13.2 Å². The molecule has 1 amide bonds. The van der Waals surface area contributed by atoms with Crippen LogP contribution in [0.3, 0.4) is 0 Å². The fourth-order valence-electron chi connectivity index (χ4n) is 5.34. The van der Waals surface area contributed by atoms with E-state index >= 15 is 0 Å². The van der Waals surface area contributed by atoms with Gasteiger partial charge in [-0.15, -0.1) is 10.2 Å². The molecule has 3 aliphatic rings. The summed E-state index contributed by atoms with van der Waals surface area (Å²) in [5, 5.41) is 8.90. The summed E-state index contributed by atoms with van der Waals surface area (Å²) in [6.07, 6.45) is 7.97. The highest BCUT2D eigenvalue weighted by molar-refractivity contribution is 7.89. The number of nitrogens with zero attached hydrogens (tertiary/aromatic N) is 5. The summed E-state index contributed by atoms with van der Waals surface area (Å²) < 4.78 is 29.8. The molecule has 33 heavy (non-hydrogen) atoms. The minimum absolute atomic E-state index is 0.0702. The second-order valence-electron chi connectivity index (χ2n) is 9.70. The predicted octanol–water partition coefficient (Wildman–Crippen LogP) is 3.40. The zero-order chi connectivity index (χ0) is 23.0. The summed E-state index contributed by atoms with van der Waals surface area (Å²) in [4.78, 5) is 15.5. The number of carbonyl (C=O) groups is 1. The number of aromatic nitrogens is 3. The summed E-state index contributed by atoms with van der Waals surface area (Å²) in [5.74, 6) is 2.42. The van der Waals surface area contributed by atoms with Crippen LogP contribution in [0.1, 0.15) is 79.9 Å². The van der Waals surface area contributed by atoms with Crippen molar-refractivity contribution in [2.24, 2.45) is 5.92 Å². The molecule has 0 bridgehead atoms. The molecule has 2 fully saturated rings. The van der Waals surface area contributed by atoms with Crippen LogP contribution in [-0.4, -0.2) is 57.9 Å². The van der Waals surface area contributed by atoms with Crippen LogP contribution in [0, 0.1) is 5.92 Å². The van der Waals surface area contributed by atoms with Gasteiger partial charge in [-0.05, 0) is 68.7 Å². The highest BCUT2D eigenvalue weighted by atomic mass is 32.2. The Morgan fingerprint density at radius 2 is 1.67 bits per heavy atom. The third-order valence-corrected chi connectivity index (χ3v) is 9.34. The molecule has 1 atom stereocenters. The molecule has 0 N–H and O–H groups in total. The number of hydrogen-bond donors (Lipinski definition) is 0. The van der Waals surface area contributed by atoms with Crippen LogP contribution >= 0.6 is 0 Å². The third-order valence-electron chi connectivity index (χ3n) is 7.43. The fraction of sp³-hybridized carbons (Fsp3) is 0.625. The maximum Gasteiger partial charge on any atom is 0.254 e. The Kier molecular flexibility index (Phi) is 6.26. The number of carbonyl (C=O) groups excluding carboxylic acids is 1. The quantitative estimate of drug-likeness (QED) is 0.682. The van der Waals surface area contributed by atoms with Crippen LogP contribution in [0.15, 0.2) is 29.2 Å². The monoisotopic (exact) mass is 471 g/mol. The van der Waals surface area contributed by atoms with Gasteiger partial charge in [0.2, 0.25) is 10.0 Å². The van der Waals surface area contributed by atoms with Crippen molar-refractivity contribution in [1.29, 1.82) is 0 Å². The smallest absolute Gasteiger partial charge is 0.254 e. The second kappa shape index (κ2) is 9.18. The molecule has 2 aromatic rings. The predicted molar refractivity (Wildman–Crippen MR) is 124 cm³/mol. The number of hydrogen-bond acceptors (Lipinski definition) is 5. The number of likely N-dealkylation sites (tertiary alicyclic amines) is 1. The molecule has 8 nitrogen and oxygen atoms in total. The lowest BCUT2D eigenvalue weighted by Crippen LogP contribution is -2.37. The molecule has 0 saturated carbocycles. The molecule has 0 radical (unpaired) electrons. The van der Waals surface area contributed by atoms with Gasteiger partial charge in [-0.2, -0.15) is 4.31 Å². The highest BCUT2D eigenvalue weighted by Gasteiger charge is 2.35. The highest BCUT2D eigenvalue weighted by Crippen LogP contribution is 2.34. The van der Waals surface area contributed by atoms with Gasteiger partial charge in [0.25, 0.3) is 5.91 Å². The van der Waals surface area contributed by atoms with E-state index in [1.165, 1.54) is 6.42 Å².